The SMILES string of the molecule is COC(=O)c1cc(N2CCCC2=O)cc(-n2c(C)ccc2-c2cc(Br)ccc2OCc2ccc(F)cc2)c1. The Kier molecular flexibility index (Phi) is 7.33. The summed E-state index contributed by atoms with van der Waals surface area (Å²) < 4.78 is 27.4. The summed E-state index contributed by atoms with van der Waals surface area (Å²) in [7, 11) is 1.34. The Labute approximate surface area is 228 Å². The van der Waals surface area contributed by atoms with E-state index < -0.39 is 5.97 Å². The van der Waals surface area contributed by atoms with E-state index in [1.165, 1.54) is 19.2 Å². The predicted molar refractivity (Wildman–Crippen MR) is 147 cm³/mol. The van der Waals surface area contributed by atoms with E-state index in [0.29, 0.717) is 30.0 Å². The monoisotopic (exact) mass is 576 g/mol. The molecule has 1 aliphatic heterocycles. The first-order valence-corrected chi connectivity index (χ1v) is 13.0. The van der Waals surface area contributed by atoms with Gasteiger partial charge in [-0.2, -0.15) is 0 Å². The number of carbonyl (C=O) groups excluding carboxylic acids is 2. The van der Waals surface area contributed by atoms with Gasteiger partial charge in [-0.1, -0.05) is 28.1 Å². The molecule has 194 valence electrons. The third-order valence-electron chi connectivity index (χ3n) is 6.57. The number of aromatic nitrogens is 1. The fourth-order valence-corrected chi connectivity index (χ4v) is 5.06. The molecule has 38 heavy (non-hydrogen) atoms. The number of aryl methyl sites for hydroxylation is 1. The fraction of sp³-hybridized carbons (Fsp3) is 0.200. The minimum atomic E-state index is -0.475. The van der Waals surface area contributed by atoms with Crippen molar-refractivity contribution in [1.82, 2.24) is 4.57 Å². The van der Waals surface area contributed by atoms with Gasteiger partial charge in [0.15, 0.2) is 0 Å². The zero-order valence-electron chi connectivity index (χ0n) is 21.0. The van der Waals surface area contributed by atoms with Crippen LogP contribution in [0.3, 0.4) is 0 Å². The second kappa shape index (κ2) is 10.8. The molecule has 2 heterocycles. The molecule has 3 aromatic carbocycles. The quantitative estimate of drug-likeness (QED) is 0.226. The second-order valence-electron chi connectivity index (χ2n) is 9.13. The van der Waals surface area contributed by atoms with Crippen LogP contribution >= 0.6 is 15.9 Å². The Morgan fingerprint density at radius 1 is 1.00 bits per heavy atom. The van der Waals surface area contributed by atoms with Crippen molar-refractivity contribution in [2.45, 2.75) is 26.4 Å². The molecular weight excluding hydrogens is 551 g/mol. The Bertz CT molecular complexity index is 1510. The molecule has 4 aromatic rings. The number of halogens is 2. The normalized spacial score (nSPS) is 13.2. The molecule has 0 aliphatic carbocycles. The minimum absolute atomic E-state index is 0.0332. The number of amides is 1. The maximum absolute atomic E-state index is 13.3. The van der Waals surface area contributed by atoms with E-state index in [9.17, 15) is 14.0 Å². The molecule has 6 nitrogen and oxygen atoms in total. The highest BCUT2D eigenvalue weighted by Crippen LogP contribution is 2.37. The molecule has 1 amide bonds. The van der Waals surface area contributed by atoms with E-state index in [0.717, 1.165) is 39.1 Å². The highest BCUT2D eigenvalue weighted by Gasteiger charge is 2.24. The van der Waals surface area contributed by atoms with E-state index in [1.807, 2.05) is 47.9 Å². The summed E-state index contributed by atoms with van der Waals surface area (Å²) in [5, 5.41) is 0. The maximum atomic E-state index is 13.3. The van der Waals surface area contributed by atoms with Gasteiger partial charge in [0.1, 0.15) is 18.2 Å². The number of benzene rings is 3. The van der Waals surface area contributed by atoms with Gasteiger partial charge in [-0.3, -0.25) is 4.79 Å². The average Bonchev–Trinajstić information content (AvgIpc) is 3.53. The van der Waals surface area contributed by atoms with Crippen molar-refractivity contribution in [3.05, 3.63) is 99.9 Å². The summed E-state index contributed by atoms with van der Waals surface area (Å²) in [5.74, 6) is -0.0886. The lowest BCUT2D eigenvalue weighted by molar-refractivity contribution is -0.117. The molecule has 1 aromatic heterocycles. The number of methoxy groups -OCH3 is 1. The van der Waals surface area contributed by atoms with Crippen LogP contribution < -0.4 is 9.64 Å². The molecule has 8 heteroatoms. The number of carbonyl (C=O) groups is 2. The van der Waals surface area contributed by atoms with E-state index in [4.69, 9.17) is 9.47 Å². The summed E-state index contributed by atoms with van der Waals surface area (Å²) in [5.41, 5.74) is 5.20. The van der Waals surface area contributed by atoms with Gasteiger partial charge in [0.05, 0.1) is 18.4 Å². The van der Waals surface area contributed by atoms with Crippen LogP contribution in [0.25, 0.3) is 16.9 Å². The van der Waals surface area contributed by atoms with Crippen LogP contribution in [0.4, 0.5) is 10.1 Å². The highest BCUT2D eigenvalue weighted by atomic mass is 79.9. The lowest BCUT2D eigenvalue weighted by Crippen LogP contribution is -2.24. The van der Waals surface area contributed by atoms with Gasteiger partial charge in [-0.25, -0.2) is 9.18 Å². The van der Waals surface area contributed by atoms with Crippen LogP contribution in [0, 0.1) is 12.7 Å². The number of esters is 1. The maximum Gasteiger partial charge on any atom is 0.337 e. The molecule has 0 atom stereocenters. The Hall–Kier alpha value is -3.91. The van der Waals surface area contributed by atoms with Crippen LogP contribution in [0.5, 0.6) is 5.75 Å². The largest absolute Gasteiger partial charge is 0.488 e. The molecule has 0 saturated carbocycles. The number of ether oxygens (including phenoxy) is 2. The molecular formula is C30H26BrFN2O4. The van der Waals surface area contributed by atoms with Crippen LogP contribution in [-0.2, 0) is 16.1 Å². The fourth-order valence-electron chi connectivity index (χ4n) is 4.70. The van der Waals surface area contributed by atoms with E-state index in [-0.39, 0.29) is 18.3 Å². The molecule has 0 radical (unpaired) electrons. The third kappa shape index (κ3) is 5.22. The topological polar surface area (TPSA) is 60.8 Å². The first-order chi connectivity index (χ1) is 18.3. The Morgan fingerprint density at radius 3 is 2.47 bits per heavy atom. The summed E-state index contributed by atoms with van der Waals surface area (Å²) in [6.45, 7) is 2.85. The summed E-state index contributed by atoms with van der Waals surface area (Å²) in [6, 6.07) is 21.3. The second-order valence-corrected chi connectivity index (χ2v) is 10.0. The Morgan fingerprint density at radius 2 is 1.76 bits per heavy atom. The third-order valence-corrected chi connectivity index (χ3v) is 7.06. The van der Waals surface area contributed by atoms with Crippen molar-refractivity contribution in [3.63, 3.8) is 0 Å². The van der Waals surface area contributed by atoms with Crippen molar-refractivity contribution in [2.24, 2.45) is 0 Å². The van der Waals surface area contributed by atoms with Crippen molar-refractivity contribution in [1.29, 1.82) is 0 Å². The summed E-state index contributed by atoms with van der Waals surface area (Å²) in [4.78, 5) is 26.8. The van der Waals surface area contributed by atoms with E-state index >= 15 is 0 Å². The zero-order chi connectivity index (χ0) is 26.8. The van der Waals surface area contributed by atoms with Crippen molar-refractivity contribution < 1.29 is 23.5 Å². The zero-order valence-corrected chi connectivity index (χ0v) is 22.6. The summed E-state index contributed by atoms with van der Waals surface area (Å²) >= 11 is 3.58. The van der Waals surface area contributed by atoms with Gasteiger partial charge in [0.25, 0.3) is 0 Å². The standard InChI is InChI=1S/C30H26BrFN2O4/c1-19-5-11-27(26-16-22(31)8-12-28(26)38-18-20-6-9-23(32)10-7-20)34(19)25-15-21(30(36)37-2)14-24(17-25)33-13-3-4-29(33)35/h5-12,14-17H,3-4,13,18H2,1-2H3. The van der Waals surface area contributed by atoms with Gasteiger partial charge in [0.2, 0.25) is 5.91 Å². The van der Waals surface area contributed by atoms with Gasteiger partial charge in [0, 0.05) is 40.1 Å². The van der Waals surface area contributed by atoms with Crippen LogP contribution in [0.1, 0.15) is 34.5 Å². The van der Waals surface area contributed by atoms with Crippen LogP contribution in [-0.4, -0.2) is 30.1 Å². The number of rotatable bonds is 7. The lowest BCUT2D eigenvalue weighted by atomic mass is 10.1. The van der Waals surface area contributed by atoms with Gasteiger partial charge >= 0.3 is 5.97 Å². The van der Waals surface area contributed by atoms with Gasteiger partial charge in [-0.05, 0) is 79.6 Å². The predicted octanol–water partition coefficient (Wildman–Crippen LogP) is 6.85. The van der Waals surface area contributed by atoms with Crippen LogP contribution in [0.2, 0.25) is 0 Å². The highest BCUT2D eigenvalue weighted by molar-refractivity contribution is 9.10. The minimum Gasteiger partial charge on any atom is -0.488 e. The number of hydrogen-bond donors (Lipinski definition) is 0. The van der Waals surface area contributed by atoms with Crippen molar-refractivity contribution in [3.8, 4) is 22.7 Å². The molecule has 1 aliphatic rings. The molecule has 0 N–H and O–H groups in total. The first-order valence-electron chi connectivity index (χ1n) is 12.2. The summed E-state index contributed by atoms with van der Waals surface area (Å²) in [6.07, 6.45) is 1.26. The average molecular weight is 577 g/mol. The van der Waals surface area contributed by atoms with Crippen molar-refractivity contribution >= 4 is 33.5 Å². The molecule has 1 saturated heterocycles. The van der Waals surface area contributed by atoms with Crippen molar-refractivity contribution in [2.75, 3.05) is 18.6 Å². The first kappa shape index (κ1) is 25.7. The van der Waals surface area contributed by atoms with E-state index in [1.54, 1.807) is 29.2 Å². The molecule has 1 fully saturated rings. The van der Waals surface area contributed by atoms with Crippen LogP contribution in [0.15, 0.2) is 77.3 Å². The van der Waals surface area contributed by atoms with Gasteiger partial charge < -0.3 is 18.9 Å². The Balaban J connectivity index is 1.59. The number of hydrogen-bond acceptors (Lipinski definition) is 4. The lowest BCUT2D eigenvalue weighted by Gasteiger charge is -2.21. The van der Waals surface area contributed by atoms with Gasteiger partial charge in [-0.15, -0.1) is 0 Å². The van der Waals surface area contributed by atoms with E-state index in [2.05, 4.69) is 15.9 Å². The smallest absolute Gasteiger partial charge is 0.337 e. The number of nitrogens with zero attached hydrogens (tertiary/aromatic N) is 2. The number of anilines is 1. The molecule has 0 spiro atoms. The molecule has 0 bridgehead atoms. The molecule has 0 unspecified atom stereocenters. The molecule has 5 rings (SSSR count).